The second kappa shape index (κ2) is 4.76. The van der Waals surface area contributed by atoms with Gasteiger partial charge in [0.25, 0.3) is 0 Å². The predicted octanol–water partition coefficient (Wildman–Crippen LogP) is 3.81. The molecule has 1 N–H and O–H groups in total. The van der Waals surface area contributed by atoms with Crippen LogP contribution in [0.5, 0.6) is 0 Å². The fraction of sp³-hybridized carbons (Fsp3) is 0.0909. The number of aromatic amines is 1. The second-order valence-corrected chi connectivity index (χ2v) is 4.36. The zero-order chi connectivity index (χ0) is 14.2. The maximum Gasteiger partial charge on any atom is 0.419 e. The maximum atomic E-state index is 13.9. The van der Waals surface area contributed by atoms with E-state index in [0.717, 1.165) is 12.1 Å². The van der Waals surface area contributed by atoms with Crippen LogP contribution in [0.3, 0.4) is 0 Å². The van der Waals surface area contributed by atoms with Crippen LogP contribution in [0.1, 0.15) is 16.2 Å². The fourth-order valence-corrected chi connectivity index (χ4v) is 2.04. The number of halogens is 5. The number of carbonyl (C=O) groups excluding carboxylic acids is 1. The molecular weight excluding hydrogens is 332 g/mol. The summed E-state index contributed by atoms with van der Waals surface area (Å²) in [5, 5.41) is 0. The first-order valence-electron chi connectivity index (χ1n) is 4.91. The molecule has 1 aromatic heterocycles. The number of H-pyrrole nitrogens is 1. The van der Waals surface area contributed by atoms with E-state index >= 15 is 0 Å². The van der Waals surface area contributed by atoms with Gasteiger partial charge in [-0.2, -0.15) is 13.2 Å². The Labute approximate surface area is 112 Å². The van der Waals surface area contributed by atoms with Gasteiger partial charge >= 0.3 is 6.18 Å². The fourth-order valence-electron chi connectivity index (χ4n) is 1.54. The van der Waals surface area contributed by atoms with Gasteiger partial charge in [-0.15, -0.1) is 0 Å². The Morgan fingerprint density at radius 3 is 2.53 bits per heavy atom. The lowest BCUT2D eigenvalue weighted by Crippen LogP contribution is -2.08. The van der Waals surface area contributed by atoms with Crippen LogP contribution in [0, 0.1) is 5.82 Å². The molecule has 2 aromatic rings. The minimum absolute atomic E-state index is 0.0919. The number of carbonyl (C=O) groups is 1. The molecule has 1 heterocycles. The van der Waals surface area contributed by atoms with E-state index in [4.69, 9.17) is 0 Å². The van der Waals surface area contributed by atoms with Crippen LogP contribution in [0.25, 0.3) is 11.3 Å². The van der Waals surface area contributed by atoms with Gasteiger partial charge in [0, 0.05) is 5.56 Å². The Hall–Kier alpha value is -1.70. The number of aldehydes is 1. The standard InChI is InChI=1S/C11H5BrF4N2O/c12-10-9(17-7(4-19)18-10)5-2-1-3-6(8(5)13)11(14,15)16/h1-4H,(H,17,18). The van der Waals surface area contributed by atoms with Crippen molar-refractivity contribution in [2.75, 3.05) is 0 Å². The van der Waals surface area contributed by atoms with Gasteiger partial charge in [-0.05, 0) is 28.1 Å². The number of benzene rings is 1. The van der Waals surface area contributed by atoms with Gasteiger partial charge in [0.2, 0.25) is 0 Å². The molecule has 0 amide bonds. The van der Waals surface area contributed by atoms with Crippen molar-refractivity contribution in [2.45, 2.75) is 6.18 Å². The van der Waals surface area contributed by atoms with E-state index in [1.165, 1.54) is 0 Å². The van der Waals surface area contributed by atoms with E-state index < -0.39 is 17.6 Å². The minimum Gasteiger partial charge on any atom is -0.330 e. The lowest BCUT2D eigenvalue weighted by molar-refractivity contribution is -0.139. The molecule has 0 aliphatic heterocycles. The lowest BCUT2D eigenvalue weighted by atomic mass is 10.1. The summed E-state index contributed by atoms with van der Waals surface area (Å²) in [4.78, 5) is 16.7. The monoisotopic (exact) mass is 336 g/mol. The summed E-state index contributed by atoms with van der Waals surface area (Å²) in [6.07, 6.45) is -4.42. The number of aromatic nitrogens is 2. The first-order chi connectivity index (χ1) is 8.84. The number of imidazole rings is 1. The Balaban J connectivity index is 2.63. The van der Waals surface area contributed by atoms with Crippen molar-refractivity contribution in [3.05, 3.63) is 40.0 Å². The molecule has 0 saturated carbocycles. The highest BCUT2D eigenvalue weighted by atomic mass is 79.9. The van der Waals surface area contributed by atoms with E-state index in [0.29, 0.717) is 12.4 Å². The molecule has 0 spiro atoms. The molecule has 0 bridgehead atoms. The number of hydrogen-bond donors (Lipinski definition) is 1. The molecule has 3 nitrogen and oxygen atoms in total. The molecule has 1 aromatic carbocycles. The number of nitrogens with zero attached hydrogens (tertiary/aromatic N) is 1. The summed E-state index contributed by atoms with van der Waals surface area (Å²) in [5.41, 5.74) is -1.82. The van der Waals surface area contributed by atoms with Gasteiger partial charge < -0.3 is 4.98 Å². The summed E-state index contributed by atoms with van der Waals surface area (Å²) >= 11 is 2.98. The van der Waals surface area contributed by atoms with E-state index in [1.807, 2.05) is 0 Å². The third kappa shape index (κ3) is 2.53. The average molecular weight is 337 g/mol. The molecule has 2 rings (SSSR count). The Bertz CT molecular complexity index is 636. The van der Waals surface area contributed by atoms with E-state index in [2.05, 4.69) is 25.9 Å². The molecule has 8 heteroatoms. The van der Waals surface area contributed by atoms with E-state index in [1.54, 1.807) is 0 Å². The predicted molar refractivity (Wildman–Crippen MR) is 62.1 cm³/mol. The summed E-state index contributed by atoms with van der Waals surface area (Å²) in [6, 6.07) is 2.86. The van der Waals surface area contributed by atoms with Gasteiger partial charge in [0.05, 0.1) is 5.56 Å². The molecule has 0 aliphatic carbocycles. The zero-order valence-electron chi connectivity index (χ0n) is 9.05. The van der Waals surface area contributed by atoms with Crippen LogP contribution in [-0.2, 0) is 6.18 Å². The highest BCUT2D eigenvalue weighted by Gasteiger charge is 2.35. The van der Waals surface area contributed by atoms with Gasteiger partial charge in [0.15, 0.2) is 12.1 Å². The van der Waals surface area contributed by atoms with Crippen molar-refractivity contribution in [3.8, 4) is 11.3 Å². The summed E-state index contributed by atoms with van der Waals surface area (Å²) in [6.45, 7) is 0. The Kier molecular flexibility index (Phi) is 3.44. The van der Waals surface area contributed by atoms with Crippen molar-refractivity contribution in [3.63, 3.8) is 0 Å². The highest BCUT2D eigenvalue weighted by Crippen LogP contribution is 2.36. The Morgan fingerprint density at radius 1 is 1.32 bits per heavy atom. The molecule has 0 radical (unpaired) electrons. The second-order valence-electron chi connectivity index (χ2n) is 3.57. The van der Waals surface area contributed by atoms with Crippen LogP contribution >= 0.6 is 15.9 Å². The summed E-state index contributed by atoms with van der Waals surface area (Å²) in [7, 11) is 0. The Morgan fingerprint density at radius 2 is 2.00 bits per heavy atom. The topological polar surface area (TPSA) is 45.8 Å². The highest BCUT2D eigenvalue weighted by molar-refractivity contribution is 9.10. The molecule has 0 aliphatic rings. The number of hydrogen-bond acceptors (Lipinski definition) is 2. The summed E-state index contributed by atoms with van der Waals surface area (Å²) in [5.74, 6) is -1.54. The number of rotatable bonds is 2. The smallest absolute Gasteiger partial charge is 0.330 e. The maximum absolute atomic E-state index is 13.9. The van der Waals surface area contributed by atoms with Gasteiger partial charge in [-0.3, -0.25) is 4.79 Å². The molecule has 100 valence electrons. The third-order valence-electron chi connectivity index (χ3n) is 2.35. The van der Waals surface area contributed by atoms with Crippen LogP contribution in [0.4, 0.5) is 17.6 Å². The number of alkyl halides is 3. The van der Waals surface area contributed by atoms with Crippen molar-refractivity contribution >= 4 is 22.2 Å². The van der Waals surface area contributed by atoms with Gasteiger partial charge in [-0.1, -0.05) is 6.07 Å². The van der Waals surface area contributed by atoms with Gasteiger partial charge in [0.1, 0.15) is 16.1 Å². The van der Waals surface area contributed by atoms with Gasteiger partial charge in [-0.25, -0.2) is 9.37 Å². The average Bonchev–Trinajstić information content (AvgIpc) is 2.69. The van der Waals surface area contributed by atoms with Crippen LogP contribution < -0.4 is 0 Å². The third-order valence-corrected chi connectivity index (χ3v) is 2.92. The first kappa shape index (κ1) is 13.7. The largest absolute Gasteiger partial charge is 0.419 e. The lowest BCUT2D eigenvalue weighted by Gasteiger charge is -2.10. The molecule has 0 unspecified atom stereocenters. The molecular formula is C11H5BrF4N2O. The molecule has 0 atom stereocenters. The van der Waals surface area contributed by atoms with Crippen LogP contribution in [0.15, 0.2) is 22.8 Å². The van der Waals surface area contributed by atoms with Crippen molar-refractivity contribution in [1.29, 1.82) is 0 Å². The van der Waals surface area contributed by atoms with Crippen molar-refractivity contribution in [2.24, 2.45) is 0 Å². The SMILES string of the molecule is O=Cc1nc(-c2cccc(C(F)(F)F)c2F)c(Br)[nH]1. The molecule has 0 fully saturated rings. The van der Waals surface area contributed by atoms with Crippen molar-refractivity contribution < 1.29 is 22.4 Å². The first-order valence-corrected chi connectivity index (χ1v) is 5.70. The summed E-state index contributed by atoms with van der Waals surface area (Å²) < 4.78 is 51.7. The van der Waals surface area contributed by atoms with E-state index in [-0.39, 0.29) is 21.7 Å². The number of nitrogens with one attached hydrogen (secondary N) is 1. The normalized spacial score (nSPS) is 11.6. The molecule has 19 heavy (non-hydrogen) atoms. The van der Waals surface area contributed by atoms with E-state index in [9.17, 15) is 22.4 Å². The zero-order valence-corrected chi connectivity index (χ0v) is 10.6. The quantitative estimate of drug-likeness (QED) is 0.669. The minimum atomic E-state index is -4.80. The molecule has 0 saturated heterocycles. The van der Waals surface area contributed by atoms with Crippen molar-refractivity contribution in [1.82, 2.24) is 9.97 Å². The van der Waals surface area contributed by atoms with Crippen LogP contribution in [-0.4, -0.2) is 16.3 Å². The van der Waals surface area contributed by atoms with Crippen LogP contribution in [0.2, 0.25) is 0 Å².